The number of pyridine rings is 1. The number of aryl methyl sites for hydroxylation is 1. The van der Waals surface area contributed by atoms with E-state index in [2.05, 4.69) is 10.3 Å². The maximum atomic E-state index is 14.0. The number of rotatable bonds is 5. The Bertz CT molecular complexity index is 594. The molecule has 1 saturated carbocycles. The zero-order valence-electron chi connectivity index (χ0n) is 11.4. The summed E-state index contributed by atoms with van der Waals surface area (Å²) in [7, 11) is 0. The van der Waals surface area contributed by atoms with Crippen LogP contribution in [0.2, 0.25) is 0 Å². The van der Waals surface area contributed by atoms with Crippen LogP contribution in [-0.4, -0.2) is 11.0 Å². The van der Waals surface area contributed by atoms with Crippen LogP contribution in [0.4, 0.5) is 4.39 Å². The number of aromatic nitrogens is 1. The van der Waals surface area contributed by atoms with E-state index in [0.717, 1.165) is 11.3 Å². The molecular formula is C16H17FN2O. The summed E-state index contributed by atoms with van der Waals surface area (Å²) in [6.45, 7) is 2.52. The van der Waals surface area contributed by atoms with Crippen LogP contribution in [0.1, 0.15) is 24.1 Å². The number of benzene rings is 1. The van der Waals surface area contributed by atoms with Gasteiger partial charge < -0.3 is 10.1 Å². The van der Waals surface area contributed by atoms with Crippen molar-refractivity contribution in [2.24, 2.45) is 0 Å². The van der Waals surface area contributed by atoms with Crippen LogP contribution in [0, 0.1) is 12.7 Å². The lowest BCUT2D eigenvalue weighted by Crippen LogP contribution is -2.16. The van der Waals surface area contributed by atoms with Crippen molar-refractivity contribution in [3.63, 3.8) is 0 Å². The van der Waals surface area contributed by atoms with Gasteiger partial charge in [-0.25, -0.2) is 4.39 Å². The van der Waals surface area contributed by atoms with Gasteiger partial charge in [-0.1, -0.05) is 12.1 Å². The average molecular weight is 272 g/mol. The third-order valence-electron chi connectivity index (χ3n) is 3.31. The quantitative estimate of drug-likeness (QED) is 0.903. The number of hydrogen-bond acceptors (Lipinski definition) is 3. The Morgan fingerprint density at radius 1 is 1.30 bits per heavy atom. The summed E-state index contributed by atoms with van der Waals surface area (Å²) in [6, 6.07) is 9.23. The molecule has 1 heterocycles. The first-order valence-electron chi connectivity index (χ1n) is 6.83. The molecule has 1 aliphatic rings. The maximum Gasteiger partial charge on any atom is 0.167 e. The van der Waals surface area contributed by atoms with Gasteiger partial charge in [-0.05, 0) is 38.0 Å². The van der Waals surface area contributed by atoms with Crippen molar-refractivity contribution in [2.75, 3.05) is 0 Å². The lowest BCUT2D eigenvalue weighted by molar-refractivity contribution is 0.431. The molecule has 20 heavy (non-hydrogen) atoms. The van der Waals surface area contributed by atoms with E-state index in [1.807, 2.05) is 19.1 Å². The van der Waals surface area contributed by atoms with Crippen molar-refractivity contribution in [1.82, 2.24) is 10.3 Å². The minimum atomic E-state index is -0.347. The summed E-state index contributed by atoms with van der Waals surface area (Å²) < 4.78 is 19.7. The van der Waals surface area contributed by atoms with Crippen molar-refractivity contribution < 1.29 is 9.13 Å². The summed E-state index contributed by atoms with van der Waals surface area (Å²) in [5.74, 6) is 0.486. The fourth-order valence-corrected chi connectivity index (χ4v) is 1.98. The lowest BCUT2D eigenvalue weighted by Gasteiger charge is -2.12. The predicted octanol–water partition coefficient (Wildman–Crippen LogP) is 3.57. The first-order valence-corrected chi connectivity index (χ1v) is 6.83. The van der Waals surface area contributed by atoms with Gasteiger partial charge in [0.1, 0.15) is 5.75 Å². The van der Waals surface area contributed by atoms with Gasteiger partial charge in [0.15, 0.2) is 11.6 Å². The Morgan fingerprint density at radius 3 is 2.85 bits per heavy atom. The van der Waals surface area contributed by atoms with Crippen molar-refractivity contribution in [3.05, 3.63) is 53.6 Å². The van der Waals surface area contributed by atoms with E-state index in [0.29, 0.717) is 18.3 Å². The van der Waals surface area contributed by atoms with Gasteiger partial charge in [0.05, 0.1) is 6.20 Å². The van der Waals surface area contributed by atoms with E-state index in [-0.39, 0.29) is 11.6 Å². The van der Waals surface area contributed by atoms with Gasteiger partial charge in [0.2, 0.25) is 0 Å². The maximum absolute atomic E-state index is 14.0. The van der Waals surface area contributed by atoms with Crippen LogP contribution in [0.15, 0.2) is 36.5 Å². The molecule has 0 aliphatic heterocycles. The Hall–Kier alpha value is -1.94. The molecule has 1 fully saturated rings. The lowest BCUT2D eigenvalue weighted by atomic mass is 10.2. The molecule has 0 saturated heterocycles. The topological polar surface area (TPSA) is 34.1 Å². The number of para-hydroxylation sites is 1. The van der Waals surface area contributed by atoms with Gasteiger partial charge in [-0.15, -0.1) is 0 Å². The Kier molecular flexibility index (Phi) is 3.65. The van der Waals surface area contributed by atoms with E-state index in [9.17, 15) is 4.39 Å². The molecule has 3 rings (SSSR count). The molecular weight excluding hydrogens is 255 g/mol. The second-order valence-electron chi connectivity index (χ2n) is 5.12. The highest BCUT2D eigenvalue weighted by atomic mass is 19.1. The monoisotopic (exact) mass is 272 g/mol. The van der Waals surface area contributed by atoms with Crippen LogP contribution in [0.3, 0.4) is 0 Å². The van der Waals surface area contributed by atoms with Crippen LogP contribution in [0.5, 0.6) is 11.5 Å². The number of ether oxygens (including phenoxy) is 1. The normalized spacial score (nSPS) is 14.3. The zero-order chi connectivity index (χ0) is 13.9. The fraction of sp³-hybridized carbons (Fsp3) is 0.312. The highest BCUT2D eigenvalue weighted by Crippen LogP contribution is 2.29. The minimum absolute atomic E-state index is 0.284. The summed E-state index contributed by atoms with van der Waals surface area (Å²) >= 11 is 0. The molecule has 2 aromatic rings. The molecule has 104 valence electrons. The molecule has 3 nitrogen and oxygen atoms in total. The number of nitrogens with zero attached hydrogens (tertiary/aromatic N) is 1. The van der Waals surface area contributed by atoms with Gasteiger partial charge in [-0.2, -0.15) is 0 Å². The largest absolute Gasteiger partial charge is 0.452 e. The van der Waals surface area contributed by atoms with Crippen LogP contribution < -0.4 is 10.1 Å². The molecule has 0 amide bonds. The van der Waals surface area contributed by atoms with Gasteiger partial charge in [-0.3, -0.25) is 4.98 Å². The third-order valence-corrected chi connectivity index (χ3v) is 3.31. The van der Waals surface area contributed by atoms with Gasteiger partial charge >= 0.3 is 0 Å². The molecule has 1 aromatic heterocycles. The highest BCUT2D eigenvalue weighted by molar-refractivity contribution is 5.38. The molecule has 1 aliphatic carbocycles. The van der Waals surface area contributed by atoms with Crippen molar-refractivity contribution in [3.8, 4) is 11.5 Å². The number of nitrogens with one attached hydrogen (secondary N) is 1. The van der Waals surface area contributed by atoms with E-state index < -0.39 is 0 Å². The number of hydrogen-bond donors (Lipinski definition) is 1. The van der Waals surface area contributed by atoms with E-state index in [4.69, 9.17) is 4.74 Å². The first-order chi connectivity index (χ1) is 9.72. The average Bonchev–Trinajstić information content (AvgIpc) is 3.26. The standard InChI is InChI=1S/C16H17FN2O/c1-11-5-8-14(10-18-11)20-16-12(3-2-4-15(16)17)9-19-13-6-7-13/h2-5,8,10,13,19H,6-7,9H2,1H3. The molecule has 1 aromatic carbocycles. The summed E-state index contributed by atoms with van der Waals surface area (Å²) in [6.07, 6.45) is 4.01. The van der Waals surface area contributed by atoms with Gasteiger partial charge in [0.25, 0.3) is 0 Å². The predicted molar refractivity (Wildman–Crippen MR) is 75.3 cm³/mol. The second-order valence-corrected chi connectivity index (χ2v) is 5.12. The van der Waals surface area contributed by atoms with Crippen molar-refractivity contribution in [2.45, 2.75) is 32.4 Å². The van der Waals surface area contributed by atoms with Crippen LogP contribution in [-0.2, 0) is 6.54 Å². The Labute approximate surface area is 117 Å². The second kappa shape index (κ2) is 5.59. The summed E-state index contributed by atoms with van der Waals surface area (Å²) in [5, 5.41) is 3.37. The highest BCUT2D eigenvalue weighted by Gasteiger charge is 2.21. The molecule has 1 N–H and O–H groups in total. The summed E-state index contributed by atoms with van der Waals surface area (Å²) in [5.41, 5.74) is 1.74. The molecule has 0 atom stereocenters. The van der Waals surface area contributed by atoms with E-state index >= 15 is 0 Å². The SMILES string of the molecule is Cc1ccc(Oc2c(F)cccc2CNC2CC2)cn1. The Balaban J connectivity index is 1.80. The van der Waals surface area contributed by atoms with E-state index in [1.54, 1.807) is 18.3 Å². The molecule has 4 heteroatoms. The third kappa shape index (κ3) is 3.14. The van der Waals surface area contributed by atoms with Crippen molar-refractivity contribution in [1.29, 1.82) is 0 Å². The van der Waals surface area contributed by atoms with Crippen molar-refractivity contribution >= 4 is 0 Å². The van der Waals surface area contributed by atoms with Gasteiger partial charge in [0, 0.05) is 23.8 Å². The van der Waals surface area contributed by atoms with E-state index in [1.165, 1.54) is 18.9 Å². The molecule has 0 unspecified atom stereocenters. The smallest absolute Gasteiger partial charge is 0.167 e. The molecule has 0 bridgehead atoms. The Morgan fingerprint density at radius 2 is 2.15 bits per heavy atom. The summed E-state index contributed by atoms with van der Waals surface area (Å²) in [4.78, 5) is 4.16. The minimum Gasteiger partial charge on any atom is -0.452 e. The molecule has 0 radical (unpaired) electrons. The molecule has 0 spiro atoms. The fourth-order valence-electron chi connectivity index (χ4n) is 1.98. The zero-order valence-corrected chi connectivity index (χ0v) is 11.4. The van der Waals surface area contributed by atoms with Crippen LogP contribution >= 0.6 is 0 Å². The number of halogens is 1. The first kappa shape index (κ1) is 13.1. The van der Waals surface area contributed by atoms with Crippen LogP contribution in [0.25, 0.3) is 0 Å².